The number of hydrogen-bond acceptors (Lipinski definition) is 3. The average molecular weight is 246 g/mol. The third-order valence-corrected chi connectivity index (χ3v) is 3.71. The van der Waals surface area contributed by atoms with Crippen LogP contribution in [0.3, 0.4) is 0 Å². The van der Waals surface area contributed by atoms with Gasteiger partial charge in [-0.1, -0.05) is 48.0 Å². The SMILES string of the molecule is CCCC(C)N1[B]N(C(C)C)[B]N(C(C)CC)[B]1. The molecule has 1 heterocycles. The highest BCUT2D eigenvalue weighted by Gasteiger charge is 2.33. The minimum atomic E-state index is 0.501. The van der Waals surface area contributed by atoms with Gasteiger partial charge in [0.1, 0.15) is 0 Å². The summed E-state index contributed by atoms with van der Waals surface area (Å²) < 4.78 is 7.00. The molecule has 99 valence electrons. The molecule has 0 aromatic carbocycles. The summed E-state index contributed by atoms with van der Waals surface area (Å²) in [4.78, 5) is 0. The summed E-state index contributed by atoms with van der Waals surface area (Å²) in [6, 6.07) is 1.62. The molecule has 0 saturated carbocycles. The fraction of sp³-hybridized carbons (Fsp3) is 1.00. The van der Waals surface area contributed by atoms with Gasteiger partial charge in [-0.05, 0) is 31.0 Å². The van der Waals surface area contributed by atoms with Crippen LogP contribution in [0.4, 0.5) is 0 Å². The Labute approximate surface area is 116 Å². The molecule has 0 bridgehead atoms. The maximum atomic E-state index is 2.36. The smallest absolute Gasteiger partial charge is 0.290 e. The molecule has 1 aliphatic rings. The van der Waals surface area contributed by atoms with Crippen LogP contribution in [0.25, 0.3) is 0 Å². The minimum Gasteiger partial charge on any atom is -0.363 e. The Kier molecular flexibility index (Phi) is 6.82. The van der Waals surface area contributed by atoms with Crippen LogP contribution in [0.2, 0.25) is 0 Å². The van der Waals surface area contributed by atoms with Crippen molar-refractivity contribution in [3.63, 3.8) is 0 Å². The Morgan fingerprint density at radius 3 is 1.72 bits per heavy atom. The zero-order chi connectivity index (χ0) is 13.7. The highest BCUT2D eigenvalue weighted by atomic mass is 15.3. The second kappa shape index (κ2) is 7.61. The van der Waals surface area contributed by atoms with Crippen molar-refractivity contribution in [3.05, 3.63) is 0 Å². The molecule has 0 spiro atoms. The molecule has 1 saturated heterocycles. The molecule has 2 unspecified atom stereocenters. The molecular formula is C12H27B3N3. The summed E-state index contributed by atoms with van der Waals surface area (Å²) in [5.74, 6) is 0. The van der Waals surface area contributed by atoms with Crippen LogP contribution in [-0.2, 0) is 0 Å². The van der Waals surface area contributed by atoms with E-state index in [9.17, 15) is 0 Å². The zero-order valence-corrected chi connectivity index (χ0v) is 12.9. The average Bonchev–Trinajstić information content (AvgIpc) is 2.37. The second-order valence-electron chi connectivity index (χ2n) is 5.68. The van der Waals surface area contributed by atoms with Crippen LogP contribution in [0.15, 0.2) is 0 Å². The summed E-state index contributed by atoms with van der Waals surface area (Å²) in [6.07, 6.45) is 3.62. The molecule has 1 rings (SSSR count). The molecular weight excluding hydrogens is 219 g/mol. The van der Waals surface area contributed by atoms with Crippen LogP contribution in [0.1, 0.15) is 60.8 Å². The predicted octanol–water partition coefficient (Wildman–Crippen LogP) is 1.90. The van der Waals surface area contributed by atoms with E-state index in [-0.39, 0.29) is 0 Å². The second-order valence-corrected chi connectivity index (χ2v) is 5.68. The molecule has 18 heavy (non-hydrogen) atoms. The Balaban J connectivity index is 2.67. The van der Waals surface area contributed by atoms with Gasteiger partial charge in [-0.25, -0.2) is 0 Å². The normalized spacial score (nSPS) is 22.2. The first-order valence-corrected chi connectivity index (χ1v) is 7.36. The molecule has 1 aliphatic heterocycles. The molecule has 3 nitrogen and oxygen atoms in total. The molecule has 0 amide bonds. The van der Waals surface area contributed by atoms with Crippen molar-refractivity contribution in [2.75, 3.05) is 0 Å². The van der Waals surface area contributed by atoms with Crippen LogP contribution in [-0.4, -0.2) is 54.9 Å². The molecule has 0 N–H and O–H groups in total. The third-order valence-electron chi connectivity index (χ3n) is 3.71. The monoisotopic (exact) mass is 246 g/mol. The summed E-state index contributed by atoms with van der Waals surface area (Å²) in [7, 11) is 6.73. The molecule has 1 fully saturated rings. The standard InChI is InChI=1S/C12H27B3N3/c1-7-9-12(6)18-14-16(10(3)4)13-17(15-18)11(5)8-2/h10-12H,7-9H2,1-6H3. The molecule has 2 atom stereocenters. The first-order chi connectivity index (χ1) is 8.49. The van der Waals surface area contributed by atoms with Crippen molar-refractivity contribution in [2.45, 2.75) is 78.9 Å². The topological polar surface area (TPSA) is 9.72 Å². The van der Waals surface area contributed by atoms with Gasteiger partial charge < -0.3 is 14.2 Å². The van der Waals surface area contributed by atoms with Crippen molar-refractivity contribution in [3.8, 4) is 0 Å². The number of hydrogen-bond donors (Lipinski definition) is 0. The van der Waals surface area contributed by atoms with E-state index in [1.807, 2.05) is 0 Å². The zero-order valence-electron chi connectivity index (χ0n) is 12.9. The third kappa shape index (κ3) is 4.32. The predicted molar refractivity (Wildman–Crippen MR) is 82.0 cm³/mol. The van der Waals surface area contributed by atoms with Gasteiger partial charge in [-0.3, -0.25) is 0 Å². The van der Waals surface area contributed by atoms with E-state index in [4.69, 9.17) is 0 Å². The Bertz CT molecular complexity index is 241. The molecule has 0 aromatic rings. The summed E-state index contributed by atoms with van der Waals surface area (Å²) in [5, 5.41) is 0. The van der Waals surface area contributed by atoms with Gasteiger partial charge in [0, 0.05) is 0 Å². The van der Waals surface area contributed by atoms with Crippen molar-refractivity contribution in [1.82, 2.24) is 14.2 Å². The van der Waals surface area contributed by atoms with E-state index in [1.54, 1.807) is 0 Å². The van der Waals surface area contributed by atoms with Crippen molar-refractivity contribution >= 4 is 22.6 Å². The maximum Gasteiger partial charge on any atom is 0.290 e. The van der Waals surface area contributed by atoms with Gasteiger partial charge in [-0.15, -0.1) is 0 Å². The van der Waals surface area contributed by atoms with Gasteiger partial charge in [-0.2, -0.15) is 0 Å². The van der Waals surface area contributed by atoms with Crippen LogP contribution in [0.5, 0.6) is 0 Å². The highest BCUT2D eigenvalue weighted by Crippen LogP contribution is 2.14. The number of rotatable bonds is 6. The molecule has 3 radical (unpaired) electrons. The van der Waals surface area contributed by atoms with Crippen molar-refractivity contribution in [2.24, 2.45) is 0 Å². The van der Waals surface area contributed by atoms with Crippen molar-refractivity contribution < 1.29 is 0 Å². The summed E-state index contributed by atoms with van der Waals surface area (Å²) >= 11 is 0. The largest absolute Gasteiger partial charge is 0.363 e. The quantitative estimate of drug-likeness (QED) is 0.662. The number of nitrogens with zero attached hydrogens (tertiary/aromatic N) is 3. The molecule has 6 heteroatoms. The van der Waals surface area contributed by atoms with Gasteiger partial charge in [0.2, 0.25) is 0 Å². The van der Waals surface area contributed by atoms with Crippen molar-refractivity contribution in [1.29, 1.82) is 0 Å². The summed E-state index contributed by atoms with van der Waals surface area (Å²) in [6.45, 7) is 13.5. The van der Waals surface area contributed by atoms with Gasteiger partial charge in [0.25, 0.3) is 22.6 Å². The first-order valence-electron chi connectivity index (χ1n) is 7.36. The highest BCUT2D eigenvalue weighted by molar-refractivity contribution is 6.65. The fourth-order valence-electron chi connectivity index (χ4n) is 2.05. The first kappa shape index (κ1) is 16.1. The maximum absolute atomic E-state index is 2.36. The lowest BCUT2D eigenvalue weighted by molar-refractivity contribution is 0.353. The molecule has 0 aromatic heterocycles. The fourth-order valence-corrected chi connectivity index (χ4v) is 2.05. The van der Waals surface area contributed by atoms with Crippen LogP contribution < -0.4 is 0 Å². The van der Waals surface area contributed by atoms with Gasteiger partial charge in [0.15, 0.2) is 0 Å². The van der Waals surface area contributed by atoms with E-state index in [1.165, 1.54) is 12.8 Å². The van der Waals surface area contributed by atoms with Crippen LogP contribution >= 0.6 is 0 Å². The Morgan fingerprint density at radius 1 is 0.778 bits per heavy atom. The van der Waals surface area contributed by atoms with Gasteiger partial charge in [0.05, 0.1) is 0 Å². The lowest BCUT2D eigenvalue weighted by Crippen LogP contribution is -2.66. The van der Waals surface area contributed by atoms with E-state index >= 15 is 0 Å². The lowest BCUT2D eigenvalue weighted by atomic mass is 9.70. The van der Waals surface area contributed by atoms with E-state index in [2.05, 4.69) is 78.4 Å². The van der Waals surface area contributed by atoms with E-state index in [0.29, 0.717) is 18.1 Å². The Hall–Kier alpha value is 0.0748. The van der Waals surface area contributed by atoms with E-state index < -0.39 is 0 Å². The molecule has 0 aliphatic carbocycles. The minimum absolute atomic E-state index is 0.501. The summed E-state index contributed by atoms with van der Waals surface area (Å²) in [5.41, 5.74) is 0. The Morgan fingerprint density at radius 2 is 1.28 bits per heavy atom. The lowest BCUT2D eigenvalue weighted by Gasteiger charge is -2.46. The van der Waals surface area contributed by atoms with Crippen LogP contribution in [0, 0.1) is 0 Å². The van der Waals surface area contributed by atoms with Gasteiger partial charge >= 0.3 is 0 Å². The van der Waals surface area contributed by atoms with E-state index in [0.717, 1.165) is 6.42 Å².